The zero-order valence-electron chi connectivity index (χ0n) is 10.5. The lowest BCUT2D eigenvalue weighted by Gasteiger charge is -2.22. The van der Waals surface area contributed by atoms with Gasteiger partial charge in [-0.15, -0.1) is 0 Å². The van der Waals surface area contributed by atoms with Gasteiger partial charge < -0.3 is 10.2 Å². The lowest BCUT2D eigenvalue weighted by Crippen LogP contribution is -2.37. The third kappa shape index (κ3) is 4.73. The van der Waals surface area contributed by atoms with Crippen LogP contribution in [0.3, 0.4) is 0 Å². The van der Waals surface area contributed by atoms with E-state index < -0.39 is 22.7 Å². The summed E-state index contributed by atoms with van der Waals surface area (Å²) < 4.78 is 24.7. The zero-order valence-corrected chi connectivity index (χ0v) is 12.9. The molecule has 0 amide bonds. The monoisotopic (exact) mass is 339 g/mol. The van der Waals surface area contributed by atoms with Gasteiger partial charge in [0.15, 0.2) is 0 Å². The highest BCUT2D eigenvalue weighted by molar-refractivity contribution is 7.91. The minimum atomic E-state index is -3.74. The SMILES string of the molecule is C=CS(=O)(=O)N(Cc1ccc(Cl)c(Cl)c1)C[C@@H](O)CO. The van der Waals surface area contributed by atoms with Gasteiger partial charge in [0.25, 0.3) is 0 Å². The van der Waals surface area contributed by atoms with Crippen LogP contribution in [-0.4, -0.2) is 42.2 Å². The summed E-state index contributed by atoms with van der Waals surface area (Å²) in [5, 5.41) is 19.7. The van der Waals surface area contributed by atoms with E-state index in [-0.39, 0.29) is 13.1 Å². The molecular weight excluding hydrogens is 325 g/mol. The molecule has 0 unspecified atom stereocenters. The molecule has 0 fully saturated rings. The van der Waals surface area contributed by atoms with Gasteiger partial charge in [-0.1, -0.05) is 35.8 Å². The molecule has 0 heterocycles. The summed E-state index contributed by atoms with van der Waals surface area (Å²) in [5.41, 5.74) is 0.606. The van der Waals surface area contributed by atoms with Gasteiger partial charge in [0.05, 0.1) is 22.8 Å². The van der Waals surface area contributed by atoms with E-state index in [1.807, 2.05) is 0 Å². The van der Waals surface area contributed by atoms with E-state index in [4.69, 9.17) is 28.3 Å². The highest BCUT2D eigenvalue weighted by Gasteiger charge is 2.22. The first kappa shape index (κ1) is 17.4. The Kier molecular flexibility index (Phi) is 6.44. The summed E-state index contributed by atoms with van der Waals surface area (Å²) in [7, 11) is -3.74. The molecule has 0 aliphatic rings. The zero-order chi connectivity index (χ0) is 15.3. The molecule has 1 atom stereocenters. The summed E-state index contributed by atoms with van der Waals surface area (Å²) in [4.78, 5) is 0. The highest BCUT2D eigenvalue weighted by Crippen LogP contribution is 2.24. The minimum absolute atomic E-state index is 0.0116. The van der Waals surface area contributed by atoms with Crippen LogP contribution in [0.1, 0.15) is 5.56 Å². The number of nitrogens with zero attached hydrogens (tertiary/aromatic N) is 1. The Morgan fingerprint density at radius 1 is 1.35 bits per heavy atom. The number of aliphatic hydroxyl groups is 2. The molecule has 1 rings (SSSR count). The van der Waals surface area contributed by atoms with Gasteiger partial charge in [-0.2, -0.15) is 4.31 Å². The third-order valence-electron chi connectivity index (χ3n) is 2.54. The van der Waals surface area contributed by atoms with Crippen LogP contribution >= 0.6 is 23.2 Å². The molecule has 0 aliphatic carbocycles. The van der Waals surface area contributed by atoms with Crippen molar-refractivity contribution in [3.05, 3.63) is 45.8 Å². The first-order valence-electron chi connectivity index (χ1n) is 5.65. The summed E-state index contributed by atoms with van der Waals surface area (Å²) >= 11 is 11.7. The third-order valence-corrected chi connectivity index (χ3v) is 4.70. The second-order valence-corrected chi connectivity index (χ2v) is 6.78. The van der Waals surface area contributed by atoms with Gasteiger partial charge in [-0.3, -0.25) is 0 Å². The van der Waals surface area contributed by atoms with Gasteiger partial charge in [-0.25, -0.2) is 8.42 Å². The van der Waals surface area contributed by atoms with Crippen LogP contribution in [0.2, 0.25) is 10.0 Å². The van der Waals surface area contributed by atoms with E-state index in [0.29, 0.717) is 15.6 Å². The van der Waals surface area contributed by atoms with Crippen LogP contribution in [0, 0.1) is 0 Å². The largest absolute Gasteiger partial charge is 0.394 e. The Morgan fingerprint density at radius 2 is 2.00 bits per heavy atom. The molecule has 0 saturated heterocycles. The Balaban J connectivity index is 3.00. The Morgan fingerprint density at radius 3 is 2.50 bits per heavy atom. The van der Waals surface area contributed by atoms with Crippen LogP contribution in [0.5, 0.6) is 0 Å². The summed E-state index contributed by atoms with van der Waals surface area (Å²) in [6, 6.07) is 4.73. The Hall–Kier alpha value is -0.630. The van der Waals surface area contributed by atoms with E-state index in [2.05, 4.69) is 6.58 Å². The smallest absolute Gasteiger partial charge is 0.236 e. The van der Waals surface area contributed by atoms with Crippen molar-refractivity contribution in [3.63, 3.8) is 0 Å². The average molecular weight is 340 g/mol. The summed E-state index contributed by atoms with van der Waals surface area (Å²) in [6.07, 6.45) is -1.17. The average Bonchev–Trinajstić information content (AvgIpc) is 2.41. The lowest BCUT2D eigenvalue weighted by atomic mass is 10.2. The quantitative estimate of drug-likeness (QED) is 0.791. The van der Waals surface area contributed by atoms with Gasteiger partial charge in [0.2, 0.25) is 10.0 Å². The van der Waals surface area contributed by atoms with Crippen LogP contribution < -0.4 is 0 Å². The molecule has 8 heteroatoms. The molecule has 20 heavy (non-hydrogen) atoms. The van der Waals surface area contributed by atoms with Crippen molar-refractivity contribution >= 4 is 33.2 Å². The second-order valence-electron chi connectivity index (χ2n) is 4.09. The summed E-state index contributed by atoms with van der Waals surface area (Å²) in [5.74, 6) is 0. The van der Waals surface area contributed by atoms with Crippen molar-refractivity contribution in [2.24, 2.45) is 0 Å². The molecule has 0 aliphatic heterocycles. The van der Waals surface area contributed by atoms with Crippen molar-refractivity contribution in [3.8, 4) is 0 Å². The number of hydrogen-bond acceptors (Lipinski definition) is 4. The van der Waals surface area contributed by atoms with E-state index in [0.717, 1.165) is 9.71 Å². The number of hydrogen-bond donors (Lipinski definition) is 2. The maximum atomic E-state index is 11.9. The van der Waals surface area contributed by atoms with Crippen molar-refractivity contribution < 1.29 is 18.6 Å². The first-order chi connectivity index (χ1) is 9.30. The maximum absolute atomic E-state index is 11.9. The second kappa shape index (κ2) is 7.40. The number of halogens is 2. The minimum Gasteiger partial charge on any atom is -0.394 e. The molecule has 0 spiro atoms. The van der Waals surface area contributed by atoms with Crippen molar-refractivity contribution in [1.29, 1.82) is 0 Å². The predicted octanol–water partition coefficient (Wildman–Crippen LogP) is 1.62. The fourth-order valence-electron chi connectivity index (χ4n) is 1.50. The fraction of sp³-hybridized carbons (Fsp3) is 0.333. The van der Waals surface area contributed by atoms with Gasteiger partial charge in [0.1, 0.15) is 0 Å². The highest BCUT2D eigenvalue weighted by atomic mass is 35.5. The van der Waals surface area contributed by atoms with Crippen molar-refractivity contribution in [2.45, 2.75) is 12.6 Å². The van der Waals surface area contributed by atoms with E-state index in [9.17, 15) is 13.5 Å². The standard InChI is InChI=1S/C12H15Cl2NO4S/c1-2-20(18,19)15(7-10(17)8-16)6-9-3-4-11(13)12(14)5-9/h2-5,10,16-17H,1,6-8H2/t10-/m1/s1. The molecule has 5 nitrogen and oxygen atoms in total. The van der Waals surface area contributed by atoms with Crippen molar-refractivity contribution in [2.75, 3.05) is 13.2 Å². The maximum Gasteiger partial charge on any atom is 0.236 e. The summed E-state index contributed by atoms with van der Waals surface area (Å²) in [6.45, 7) is 2.45. The molecule has 0 saturated carbocycles. The van der Waals surface area contributed by atoms with Crippen molar-refractivity contribution in [1.82, 2.24) is 4.31 Å². The Bertz CT molecular complexity index is 577. The van der Waals surface area contributed by atoms with Gasteiger partial charge >= 0.3 is 0 Å². The normalized spacial score (nSPS) is 13.4. The number of sulfonamides is 1. The molecule has 0 bridgehead atoms. The number of benzene rings is 1. The van der Waals surface area contributed by atoms with Crippen LogP contribution in [0.25, 0.3) is 0 Å². The molecule has 2 N–H and O–H groups in total. The number of rotatable bonds is 7. The molecule has 112 valence electrons. The van der Waals surface area contributed by atoms with E-state index in [1.54, 1.807) is 18.2 Å². The van der Waals surface area contributed by atoms with Crippen LogP contribution in [0.4, 0.5) is 0 Å². The van der Waals surface area contributed by atoms with Crippen LogP contribution in [-0.2, 0) is 16.6 Å². The van der Waals surface area contributed by atoms with Gasteiger partial charge in [0, 0.05) is 18.5 Å². The first-order valence-corrected chi connectivity index (χ1v) is 7.91. The predicted molar refractivity (Wildman–Crippen MR) is 79.1 cm³/mol. The fourth-order valence-corrected chi connectivity index (χ4v) is 2.74. The van der Waals surface area contributed by atoms with Gasteiger partial charge in [-0.05, 0) is 17.7 Å². The molecule has 1 aromatic carbocycles. The topological polar surface area (TPSA) is 77.8 Å². The lowest BCUT2D eigenvalue weighted by molar-refractivity contribution is 0.0778. The Labute approximate surface area is 128 Å². The van der Waals surface area contributed by atoms with E-state index >= 15 is 0 Å². The van der Waals surface area contributed by atoms with E-state index in [1.165, 1.54) is 0 Å². The molecule has 1 aromatic rings. The molecule has 0 radical (unpaired) electrons. The molecular formula is C12H15Cl2NO4S. The molecule has 0 aromatic heterocycles. The number of aliphatic hydroxyl groups excluding tert-OH is 2. The van der Waals surface area contributed by atoms with Crippen LogP contribution in [0.15, 0.2) is 30.2 Å².